The molecule has 5 N–H and O–H groups in total. The number of nitrogens with two attached hydrogens (primary N) is 2. The van der Waals surface area contributed by atoms with Crippen LogP contribution in [0.3, 0.4) is 0 Å². The van der Waals surface area contributed by atoms with Crippen molar-refractivity contribution in [2.45, 2.75) is 13.8 Å². The van der Waals surface area contributed by atoms with E-state index in [1.54, 1.807) is 0 Å². The van der Waals surface area contributed by atoms with Crippen LogP contribution in [-0.2, 0) is 0 Å². The van der Waals surface area contributed by atoms with E-state index in [0.717, 1.165) is 16.6 Å². The largest absolute Gasteiger partial charge is 0.370 e. The van der Waals surface area contributed by atoms with Gasteiger partial charge in [0.2, 0.25) is 5.95 Å². The minimum absolute atomic E-state index is 0. The maximum absolute atomic E-state index is 5.28. The molecule has 1 aromatic carbocycles. The Labute approximate surface area is 112 Å². The molecule has 1 heterocycles. The smallest absolute Gasteiger partial charge is 0.231 e. The molecule has 0 spiro atoms. The second kappa shape index (κ2) is 5.75. The molecular formula is C10H15Cl2N5. The van der Waals surface area contributed by atoms with E-state index >= 15 is 0 Å². The van der Waals surface area contributed by atoms with Gasteiger partial charge in [0.25, 0.3) is 0 Å². The molecule has 0 saturated heterocycles. The minimum atomic E-state index is 0. The molecule has 0 unspecified atom stereocenters. The predicted molar refractivity (Wildman–Crippen MR) is 75.5 cm³/mol. The first-order chi connectivity index (χ1) is 7.08. The number of nitrogens with one attached hydrogen (secondary N) is 1. The lowest BCUT2D eigenvalue weighted by Gasteiger charge is -1.97. The zero-order chi connectivity index (χ0) is 11.0. The Balaban J connectivity index is 0.00000128. The van der Waals surface area contributed by atoms with Crippen molar-refractivity contribution in [2.24, 2.45) is 16.5 Å². The van der Waals surface area contributed by atoms with Crippen molar-refractivity contribution in [3.8, 4) is 0 Å². The number of guanidine groups is 1. The summed E-state index contributed by atoms with van der Waals surface area (Å²) in [5, 5.41) is 0. The van der Waals surface area contributed by atoms with E-state index in [2.05, 4.69) is 15.0 Å². The Kier molecular flexibility index (Phi) is 5.25. The highest BCUT2D eigenvalue weighted by atomic mass is 35.5. The molecular weight excluding hydrogens is 261 g/mol. The fraction of sp³-hybridized carbons (Fsp3) is 0.200. The van der Waals surface area contributed by atoms with Crippen LogP contribution in [0.15, 0.2) is 17.1 Å². The van der Waals surface area contributed by atoms with Gasteiger partial charge in [-0.1, -0.05) is 6.07 Å². The highest BCUT2D eigenvalue weighted by Gasteiger charge is 2.05. The predicted octanol–water partition coefficient (Wildman–Crippen LogP) is 1.93. The molecule has 0 fully saturated rings. The van der Waals surface area contributed by atoms with Gasteiger partial charge in [0, 0.05) is 0 Å². The van der Waals surface area contributed by atoms with Crippen LogP contribution < -0.4 is 11.5 Å². The van der Waals surface area contributed by atoms with Gasteiger partial charge in [-0.05, 0) is 31.0 Å². The first-order valence-corrected chi connectivity index (χ1v) is 4.63. The van der Waals surface area contributed by atoms with Crippen LogP contribution in [0.25, 0.3) is 11.0 Å². The van der Waals surface area contributed by atoms with Gasteiger partial charge in [0.05, 0.1) is 11.0 Å². The van der Waals surface area contributed by atoms with Gasteiger partial charge < -0.3 is 16.5 Å². The number of halogens is 2. The van der Waals surface area contributed by atoms with E-state index in [9.17, 15) is 0 Å². The Hall–Kier alpha value is -1.46. The van der Waals surface area contributed by atoms with Crippen LogP contribution >= 0.6 is 24.8 Å². The SMILES string of the molecule is Cc1ccc2[nH]c(N=C(N)N)nc2c1C.Cl.Cl. The Morgan fingerprint density at radius 1 is 1.24 bits per heavy atom. The number of rotatable bonds is 1. The van der Waals surface area contributed by atoms with Gasteiger partial charge in [-0.25, -0.2) is 4.98 Å². The summed E-state index contributed by atoms with van der Waals surface area (Å²) in [7, 11) is 0. The highest BCUT2D eigenvalue weighted by Crippen LogP contribution is 2.21. The fourth-order valence-corrected chi connectivity index (χ4v) is 1.48. The van der Waals surface area contributed by atoms with Crippen molar-refractivity contribution < 1.29 is 0 Å². The van der Waals surface area contributed by atoms with Crippen molar-refractivity contribution in [2.75, 3.05) is 0 Å². The van der Waals surface area contributed by atoms with Gasteiger partial charge in [-0.15, -0.1) is 24.8 Å². The van der Waals surface area contributed by atoms with Crippen molar-refractivity contribution in [1.82, 2.24) is 9.97 Å². The molecule has 0 radical (unpaired) electrons. The van der Waals surface area contributed by atoms with Crippen LogP contribution in [0.1, 0.15) is 11.1 Å². The number of H-pyrrole nitrogens is 1. The zero-order valence-electron chi connectivity index (χ0n) is 9.52. The third-order valence-corrected chi connectivity index (χ3v) is 2.40. The number of aromatic amines is 1. The van der Waals surface area contributed by atoms with Crippen LogP contribution in [0.4, 0.5) is 5.95 Å². The average molecular weight is 276 g/mol. The van der Waals surface area contributed by atoms with Crippen molar-refractivity contribution in [3.05, 3.63) is 23.3 Å². The molecule has 0 bridgehead atoms. The molecule has 1 aromatic heterocycles. The summed E-state index contributed by atoms with van der Waals surface area (Å²) in [6.07, 6.45) is 0. The average Bonchev–Trinajstić information content (AvgIpc) is 2.54. The molecule has 7 heteroatoms. The molecule has 5 nitrogen and oxygen atoms in total. The number of nitrogens with zero attached hydrogens (tertiary/aromatic N) is 2. The zero-order valence-corrected chi connectivity index (χ0v) is 11.2. The fourth-order valence-electron chi connectivity index (χ4n) is 1.48. The molecule has 0 atom stereocenters. The molecule has 2 aromatic rings. The summed E-state index contributed by atoms with van der Waals surface area (Å²) in [6, 6.07) is 4.01. The second-order valence-electron chi connectivity index (χ2n) is 3.50. The number of hydrogen-bond acceptors (Lipinski definition) is 2. The Morgan fingerprint density at radius 2 is 1.88 bits per heavy atom. The monoisotopic (exact) mass is 275 g/mol. The summed E-state index contributed by atoms with van der Waals surface area (Å²) in [4.78, 5) is 11.2. The van der Waals surface area contributed by atoms with Crippen molar-refractivity contribution in [3.63, 3.8) is 0 Å². The third kappa shape index (κ3) is 3.01. The number of benzene rings is 1. The summed E-state index contributed by atoms with van der Waals surface area (Å²) in [5.74, 6) is 0.446. The van der Waals surface area contributed by atoms with Gasteiger partial charge in [-0.2, -0.15) is 4.99 Å². The molecule has 0 amide bonds. The van der Waals surface area contributed by atoms with Gasteiger partial charge in [0.15, 0.2) is 5.96 Å². The molecule has 2 rings (SSSR count). The van der Waals surface area contributed by atoms with Crippen LogP contribution in [0.2, 0.25) is 0 Å². The van der Waals surface area contributed by atoms with E-state index in [1.807, 2.05) is 26.0 Å². The maximum Gasteiger partial charge on any atom is 0.231 e. The maximum atomic E-state index is 5.28. The summed E-state index contributed by atoms with van der Waals surface area (Å²) in [5.41, 5.74) is 14.8. The third-order valence-electron chi connectivity index (χ3n) is 2.40. The highest BCUT2D eigenvalue weighted by molar-refractivity contribution is 5.86. The number of fused-ring (bicyclic) bond motifs is 1. The van der Waals surface area contributed by atoms with E-state index in [4.69, 9.17) is 11.5 Å². The van der Waals surface area contributed by atoms with Crippen LogP contribution in [0.5, 0.6) is 0 Å². The number of hydrogen-bond donors (Lipinski definition) is 3. The Morgan fingerprint density at radius 3 is 2.47 bits per heavy atom. The molecule has 0 aliphatic heterocycles. The molecule has 94 valence electrons. The lowest BCUT2D eigenvalue weighted by Crippen LogP contribution is -2.22. The van der Waals surface area contributed by atoms with Crippen LogP contribution in [-0.4, -0.2) is 15.9 Å². The first-order valence-electron chi connectivity index (χ1n) is 4.63. The van der Waals surface area contributed by atoms with Crippen molar-refractivity contribution in [1.29, 1.82) is 0 Å². The number of aryl methyl sites for hydroxylation is 2. The summed E-state index contributed by atoms with van der Waals surface area (Å²) in [6.45, 7) is 4.07. The standard InChI is InChI=1S/C10H13N5.2ClH/c1-5-3-4-7-8(6(5)2)14-10(13-7)15-9(11)12;;/h3-4H,1-2H3,(H5,11,12,13,14,15);2*1H. The summed E-state index contributed by atoms with van der Waals surface area (Å²) < 4.78 is 0. The molecule has 0 aliphatic carbocycles. The first kappa shape index (κ1) is 15.5. The Bertz CT molecular complexity index is 543. The number of imidazole rings is 1. The van der Waals surface area contributed by atoms with E-state index in [1.165, 1.54) is 5.56 Å². The topological polar surface area (TPSA) is 93.1 Å². The van der Waals surface area contributed by atoms with Gasteiger partial charge in [0.1, 0.15) is 0 Å². The number of aromatic nitrogens is 2. The van der Waals surface area contributed by atoms with Gasteiger partial charge >= 0.3 is 0 Å². The lowest BCUT2D eigenvalue weighted by atomic mass is 10.1. The van der Waals surface area contributed by atoms with Gasteiger partial charge in [-0.3, -0.25) is 0 Å². The minimum Gasteiger partial charge on any atom is -0.370 e. The quantitative estimate of drug-likeness (QED) is 0.548. The van der Waals surface area contributed by atoms with E-state index < -0.39 is 0 Å². The lowest BCUT2D eigenvalue weighted by molar-refractivity contribution is 1.24. The molecule has 0 aliphatic rings. The molecule has 17 heavy (non-hydrogen) atoms. The van der Waals surface area contributed by atoms with E-state index in [-0.39, 0.29) is 30.8 Å². The van der Waals surface area contributed by atoms with Crippen molar-refractivity contribution >= 4 is 47.8 Å². The van der Waals surface area contributed by atoms with E-state index in [0.29, 0.717) is 5.95 Å². The normalized spacial score (nSPS) is 9.29. The summed E-state index contributed by atoms with van der Waals surface area (Å²) >= 11 is 0. The molecule has 0 saturated carbocycles. The van der Waals surface area contributed by atoms with Crippen LogP contribution in [0, 0.1) is 13.8 Å². The number of aliphatic imine (C=N–C) groups is 1. The second-order valence-corrected chi connectivity index (χ2v) is 3.50.